The molecule has 2 rings (SSSR count). The van der Waals surface area contributed by atoms with Gasteiger partial charge in [0.2, 0.25) is 0 Å². The summed E-state index contributed by atoms with van der Waals surface area (Å²) in [5, 5.41) is 3.65. The van der Waals surface area contributed by atoms with Gasteiger partial charge in [-0.25, -0.2) is 0 Å². The summed E-state index contributed by atoms with van der Waals surface area (Å²) in [4.78, 5) is 0. The van der Waals surface area contributed by atoms with Gasteiger partial charge in [-0.05, 0) is 50.5 Å². The molecule has 11 heavy (non-hydrogen) atoms. The lowest BCUT2D eigenvalue weighted by Crippen LogP contribution is -2.34. The first-order valence-corrected chi connectivity index (χ1v) is 4.94. The summed E-state index contributed by atoms with van der Waals surface area (Å²) in [6.07, 6.45) is 5.81. The molecule has 1 heteroatoms. The minimum Gasteiger partial charge on any atom is -0.313 e. The molecule has 0 spiro atoms. The van der Waals surface area contributed by atoms with Gasteiger partial charge in [-0.1, -0.05) is 6.92 Å². The lowest BCUT2D eigenvalue weighted by atomic mass is 10.0. The van der Waals surface area contributed by atoms with Crippen LogP contribution in [0, 0.1) is 11.3 Å². The van der Waals surface area contributed by atoms with Gasteiger partial charge in [-0.3, -0.25) is 0 Å². The van der Waals surface area contributed by atoms with E-state index in [2.05, 4.69) is 19.2 Å². The van der Waals surface area contributed by atoms with Crippen molar-refractivity contribution in [2.24, 2.45) is 11.3 Å². The molecule has 0 aromatic carbocycles. The van der Waals surface area contributed by atoms with Crippen LogP contribution in [-0.4, -0.2) is 12.6 Å². The molecule has 0 heterocycles. The van der Waals surface area contributed by atoms with E-state index in [0.29, 0.717) is 5.41 Å². The van der Waals surface area contributed by atoms with E-state index in [1.807, 2.05) is 0 Å². The summed E-state index contributed by atoms with van der Waals surface area (Å²) >= 11 is 0. The van der Waals surface area contributed by atoms with Gasteiger partial charge in [0.25, 0.3) is 0 Å². The van der Waals surface area contributed by atoms with Crippen LogP contribution in [0.3, 0.4) is 0 Å². The smallest absolute Gasteiger partial charge is 0.00926 e. The Morgan fingerprint density at radius 3 is 2.55 bits per heavy atom. The molecule has 0 aromatic rings. The molecule has 0 radical (unpaired) electrons. The molecule has 2 saturated carbocycles. The zero-order valence-corrected chi connectivity index (χ0v) is 7.69. The van der Waals surface area contributed by atoms with E-state index >= 15 is 0 Å². The highest BCUT2D eigenvalue weighted by Gasteiger charge is 2.42. The van der Waals surface area contributed by atoms with Gasteiger partial charge in [-0.2, -0.15) is 0 Å². The molecule has 1 nitrogen and oxygen atoms in total. The molecule has 0 saturated heterocycles. The Bertz CT molecular complexity index is 145. The molecule has 2 aliphatic rings. The molecule has 1 atom stereocenters. The summed E-state index contributed by atoms with van der Waals surface area (Å²) in [6, 6.07) is 0.753. The van der Waals surface area contributed by atoms with Crippen LogP contribution in [0.2, 0.25) is 0 Å². The van der Waals surface area contributed by atoms with Gasteiger partial charge >= 0.3 is 0 Å². The van der Waals surface area contributed by atoms with Gasteiger partial charge in [0, 0.05) is 6.04 Å². The summed E-state index contributed by atoms with van der Waals surface area (Å²) < 4.78 is 0. The molecule has 0 aliphatic heterocycles. The highest BCUT2D eigenvalue weighted by Crippen LogP contribution is 2.48. The summed E-state index contributed by atoms with van der Waals surface area (Å²) in [6.45, 7) is 6.02. The molecular formula is C10H19N. The standard InChI is InChI=1S/C10H19N/c1-8(10(2)5-6-10)11-7-9-3-4-9/h8-9,11H,3-7H2,1-2H3. The molecule has 1 unspecified atom stereocenters. The second-order valence-electron chi connectivity index (χ2n) is 4.73. The molecular weight excluding hydrogens is 134 g/mol. The quantitative estimate of drug-likeness (QED) is 0.652. The predicted molar refractivity (Wildman–Crippen MR) is 47.5 cm³/mol. The Hall–Kier alpha value is -0.0400. The number of hydrogen-bond acceptors (Lipinski definition) is 1. The monoisotopic (exact) mass is 153 g/mol. The summed E-state index contributed by atoms with van der Waals surface area (Å²) in [5.41, 5.74) is 0.662. The maximum Gasteiger partial charge on any atom is 0.00926 e. The maximum atomic E-state index is 3.65. The second kappa shape index (κ2) is 2.48. The third-order valence-corrected chi connectivity index (χ3v) is 3.49. The molecule has 2 fully saturated rings. The first-order chi connectivity index (χ1) is 5.21. The van der Waals surface area contributed by atoms with E-state index in [1.165, 1.54) is 32.2 Å². The Labute approximate surface area is 69.6 Å². The van der Waals surface area contributed by atoms with Crippen molar-refractivity contribution in [3.05, 3.63) is 0 Å². The fourth-order valence-electron chi connectivity index (χ4n) is 1.54. The van der Waals surface area contributed by atoms with Crippen molar-refractivity contribution in [3.8, 4) is 0 Å². The van der Waals surface area contributed by atoms with Crippen molar-refractivity contribution >= 4 is 0 Å². The predicted octanol–water partition coefficient (Wildman–Crippen LogP) is 2.17. The van der Waals surface area contributed by atoms with Crippen molar-refractivity contribution in [1.29, 1.82) is 0 Å². The Balaban J connectivity index is 1.68. The van der Waals surface area contributed by atoms with Crippen LogP contribution in [-0.2, 0) is 0 Å². The van der Waals surface area contributed by atoms with Crippen molar-refractivity contribution in [2.75, 3.05) is 6.54 Å². The fourth-order valence-corrected chi connectivity index (χ4v) is 1.54. The Morgan fingerprint density at radius 2 is 2.09 bits per heavy atom. The summed E-state index contributed by atoms with van der Waals surface area (Å²) in [7, 11) is 0. The SMILES string of the molecule is CC(NCC1CC1)C1(C)CC1. The minimum atomic E-state index is 0.662. The Kier molecular flexibility index (Phi) is 1.71. The normalized spacial score (nSPS) is 30.0. The molecule has 0 amide bonds. The van der Waals surface area contributed by atoms with Gasteiger partial charge in [-0.15, -0.1) is 0 Å². The van der Waals surface area contributed by atoms with E-state index in [0.717, 1.165) is 12.0 Å². The third-order valence-electron chi connectivity index (χ3n) is 3.49. The molecule has 2 aliphatic carbocycles. The number of hydrogen-bond donors (Lipinski definition) is 1. The molecule has 64 valence electrons. The van der Waals surface area contributed by atoms with Gasteiger partial charge in [0.1, 0.15) is 0 Å². The van der Waals surface area contributed by atoms with Crippen LogP contribution in [0.15, 0.2) is 0 Å². The van der Waals surface area contributed by atoms with E-state index in [4.69, 9.17) is 0 Å². The molecule has 0 aromatic heterocycles. The van der Waals surface area contributed by atoms with Crippen LogP contribution < -0.4 is 5.32 Å². The number of rotatable bonds is 4. The zero-order chi connectivity index (χ0) is 7.90. The van der Waals surface area contributed by atoms with Crippen LogP contribution in [0.4, 0.5) is 0 Å². The third kappa shape index (κ3) is 1.76. The number of nitrogens with one attached hydrogen (secondary N) is 1. The first kappa shape index (κ1) is 7.60. The lowest BCUT2D eigenvalue weighted by Gasteiger charge is -2.20. The highest BCUT2D eigenvalue weighted by molar-refractivity contribution is 4.97. The second-order valence-corrected chi connectivity index (χ2v) is 4.73. The van der Waals surface area contributed by atoms with Crippen LogP contribution >= 0.6 is 0 Å². The van der Waals surface area contributed by atoms with Crippen molar-refractivity contribution in [2.45, 2.75) is 45.6 Å². The van der Waals surface area contributed by atoms with E-state index in [1.54, 1.807) is 0 Å². The van der Waals surface area contributed by atoms with Crippen LogP contribution in [0.1, 0.15) is 39.5 Å². The van der Waals surface area contributed by atoms with Crippen LogP contribution in [0.25, 0.3) is 0 Å². The van der Waals surface area contributed by atoms with Crippen molar-refractivity contribution in [3.63, 3.8) is 0 Å². The average molecular weight is 153 g/mol. The summed E-state index contributed by atoms with van der Waals surface area (Å²) in [5.74, 6) is 1.03. The first-order valence-electron chi connectivity index (χ1n) is 4.94. The van der Waals surface area contributed by atoms with Crippen molar-refractivity contribution < 1.29 is 0 Å². The van der Waals surface area contributed by atoms with Crippen LogP contribution in [0.5, 0.6) is 0 Å². The van der Waals surface area contributed by atoms with Crippen molar-refractivity contribution in [1.82, 2.24) is 5.32 Å². The van der Waals surface area contributed by atoms with Gasteiger partial charge < -0.3 is 5.32 Å². The lowest BCUT2D eigenvalue weighted by molar-refractivity contribution is 0.376. The molecule has 0 bridgehead atoms. The zero-order valence-electron chi connectivity index (χ0n) is 7.69. The topological polar surface area (TPSA) is 12.0 Å². The van der Waals surface area contributed by atoms with Gasteiger partial charge in [0.15, 0.2) is 0 Å². The highest BCUT2D eigenvalue weighted by atomic mass is 14.9. The van der Waals surface area contributed by atoms with E-state index in [-0.39, 0.29) is 0 Å². The minimum absolute atomic E-state index is 0.662. The van der Waals surface area contributed by atoms with Gasteiger partial charge in [0.05, 0.1) is 0 Å². The fraction of sp³-hybridized carbons (Fsp3) is 1.00. The maximum absolute atomic E-state index is 3.65. The van der Waals surface area contributed by atoms with E-state index < -0.39 is 0 Å². The van der Waals surface area contributed by atoms with E-state index in [9.17, 15) is 0 Å². The molecule has 1 N–H and O–H groups in total. The Morgan fingerprint density at radius 1 is 1.45 bits per heavy atom. The largest absolute Gasteiger partial charge is 0.313 e. The average Bonchev–Trinajstić information content (AvgIpc) is 2.79.